The quantitative estimate of drug-likeness (QED) is 0.914. The lowest BCUT2D eigenvalue weighted by atomic mass is 10.1. The van der Waals surface area contributed by atoms with E-state index in [4.69, 9.17) is 4.74 Å². The van der Waals surface area contributed by atoms with Gasteiger partial charge in [0.1, 0.15) is 0 Å². The van der Waals surface area contributed by atoms with Crippen molar-refractivity contribution in [3.05, 3.63) is 45.4 Å². The molecule has 1 aliphatic heterocycles. The second-order valence-corrected chi connectivity index (χ2v) is 5.53. The molecule has 1 aromatic heterocycles. The molecule has 0 radical (unpaired) electrons. The summed E-state index contributed by atoms with van der Waals surface area (Å²) in [5.74, 6) is 0. The Kier molecular flexibility index (Phi) is 3.06. The van der Waals surface area contributed by atoms with Crippen LogP contribution in [0.15, 0.2) is 23.7 Å². The summed E-state index contributed by atoms with van der Waals surface area (Å²) in [6, 6.07) is 6.75. The summed E-state index contributed by atoms with van der Waals surface area (Å²) in [6.07, 6.45) is 0. The summed E-state index contributed by atoms with van der Waals surface area (Å²) in [5, 5.41) is 3.53. The zero-order valence-electron chi connectivity index (χ0n) is 10.6. The first kappa shape index (κ1) is 11.7. The maximum Gasteiger partial charge on any atom is 0.0798 e. The first-order valence-electron chi connectivity index (χ1n) is 6.10. The highest BCUT2D eigenvalue weighted by molar-refractivity contribution is 7.09. The molecule has 3 rings (SSSR count). The zero-order chi connectivity index (χ0) is 12.5. The molecule has 0 aliphatic carbocycles. The highest BCUT2D eigenvalue weighted by Crippen LogP contribution is 2.28. The van der Waals surface area contributed by atoms with E-state index in [2.05, 4.69) is 42.3 Å². The number of hydrogen-bond donors (Lipinski definition) is 1. The topological polar surface area (TPSA) is 34.2 Å². The van der Waals surface area contributed by atoms with Crippen molar-refractivity contribution in [2.75, 3.05) is 5.32 Å². The van der Waals surface area contributed by atoms with E-state index in [0.717, 1.165) is 24.6 Å². The Morgan fingerprint density at radius 3 is 2.94 bits per heavy atom. The number of nitrogens with one attached hydrogen (secondary N) is 1. The van der Waals surface area contributed by atoms with Crippen LogP contribution in [-0.2, 0) is 18.0 Å². The number of nitrogens with zero attached hydrogens (tertiary/aromatic N) is 1. The second kappa shape index (κ2) is 4.71. The van der Waals surface area contributed by atoms with Gasteiger partial charge in [-0.3, -0.25) is 0 Å². The molecule has 0 bridgehead atoms. The van der Waals surface area contributed by atoms with Gasteiger partial charge < -0.3 is 10.1 Å². The van der Waals surface area contributed by atoms with Gasteiger partial charge in [-0.15, -0.1) is 11.3 Å². The number of fused-ring (bicyclic) bond motifs is 1. The predicted octanol–water partition coefficient (Wildman–Crippen LogP) is 3.65. The molecule has 2 aromatic rings. The van der Waals surface area contributed by atoms with Gasteiger partial charge in [-0.1, -0.05) is 6.07 Å². The molecule has 1 aromatic carbocycles. The minimum absolute atomic E-state index is 0.290. The van der Waals surface area contributed by atoms with Gasteiger partial charge in [0.25, 0.3) is 0 Å². The molecular formula is C14H16N2OS. The van der Waals surface area contributed by atoms with Crippen LogP contribution in [0, 0.1) is 6.92 Å². The van der Waals surface area contributed by atoms with Crippen molar-refractivity contribution in [1.82, 2.24) is 4.98 Å². The molecule has 18 heavy (non-hydrogen) atoms. The Bertz CT molecular complexity index is 565. The molecule has 0 amide bonds. The number of rotatable bonds is 3. The van der Waals surface area contributed by atoms with Crippen molar-refractivity contribution in [2.45, 2.75) is 33.1 Å². The molecule has 1 aliphatic rings. The SMILES string of the molecule is Cc1ncsc1C(C)Nc1ccc2c(c1)COC2. The van der Waals surface area contributed by atoms with Crippen LogP contribution >= 0.6 is 11.3 Å². The standard InChI is InChI=1S/C14H16N2OS/c1-9-14(18-8-15-9)10(2)16-13-4-3-11-6-17-7-12(11)5-13/h3-5,8,10,16H,6-7H2,1-2H3. The number of thiazole rings is 1. The molecule has 2 heterocycles. The van der Waals surface area contributed by atoms with E-state index in [1.165, 1.54) is 16.0 Å². The predicted molar refractivity (Wildman–Crippen MR) is 73.8 cm³/mol. The normalized spacial score (nSPS) is 15.4. The fourth-order valence-electron chi connectivity index (χ4n) is 2.30. The van der Waals surface area contributed by atoms with Crippen LogP contribution in [0.5, 0.6) is 0 Å². The van der Waals surface area contributed by atoms with E-state index in [1.54, 1.807) is 11.3 Å². The van der Waals surface area contributed by atoms with Crippen LogP contribution in [-0.4, -0.2) is 4.98 Å². The van der Waals surface area contributed by atoms with Crippen LogP contribution in [0.1, 0.15) is 34.7 Å². The van der Waals surface area contributed by atoms with Crippen LogP contribution < -0.4 is 5.32 Å². The molecular weight excluding hydrogens is 244 g/mol. The average Bonchev–Trinajstić information content (AvgIpc) is 2.96. The first-order valence-corrected chi connectivity index (χ1v) is 6.98. The van der Waals surface area contributed by atoms with E-state index >= 15 is 0 Å². The van der Waals surface area contributed by atoms with E-state index in [1.807, 2.05) is 5.51 Å². The minimum atomic E-state index is 0.290. The number of anilines is 1. The molecule has 4 heteroatoms. The minimum Gasteiger partial charge on any atom is -0.378 e. The third kappa shape index (κ3) is 2.13. The summed E-state index contributed by atoms with van der Waals surface area (Å²) in [4.78, 5) is 5.59. The lowest BCUT2D eigenvalue weighted by Crippen LogP contribution is -2.06. The van der Waals surface area contributed by atoms with Crippen molar-refractivity contribution >= 4 is 17.0 Å². The zero-order valence-corrected chi connectivity index (χ0v) is 11.4. The van der Waals surface area contributed by atoms with Crippen molar-refractivity contribution in [3.8, 4) is 0 Å². The van der Waals surface area contributed by atoms with Gasteiger partial charge >= 0.3 is 0 Å². The Labute approximate surface area is 111 Å². The van der Waals surface area contributed by atoms with E-state index < -0.39 is 0 Å². The summed E-state index contributed by atoms with van der Waals surface area (Å²) in [7, 11) is 0. The summed E-state index contributed by atoms with van der Waals surface area (Å²) in [5.41, 5.74) is 6.78. The third-order valence-electron chi connectivity index (χ3n) is 3.28. The number of aromatic nitrogens is 1. The van der Waals surface area contributed by atoms with Gasteiger partial charge in [0, 0.05) is 10.6 Å². The van der Waals surface area contributed by atoms with Gasteiger partial charge in [-0.05, 0) is 37.1 Å². The first-order chi connectivity index (χ1) is 8.74. The molecule has 1 atom stereocenters. The van der Waals surface area contributed by atoms with Crippen LogP contribution in [0.25, 0.3) is 0 Å². The van der Waals surface area contributed by atoms with Gasteiger partial charge in [-0.25, -0.2) is 4.98 Å². The Balaban J connectivity index is 1.79. The van der Waals surface area contributed by atoms with Crippen LogP contribution in [0.3, 0.4) is 0 Å². The highest BCUT2D eigenvalue weighted by atomic mass is 32.1. The van der Waals surface area contributed by atoms with Crippen LogP contribution in [0.2, 0.25) is 0 Å². The molecule has 0 spiro atoms. The summed E-state index contributed by atoms with van der Waals surface area (Å²) >= 11 is 1.70. The Morgan fingerprint density at radius 1 is 1.33 bits per heavy atom. The summed E-state index contributed by atoms with van der Waals surface area (Å²) < 4.78 is 5.43. The summed E-state index contributed by atoms with van der Waals surface area (Å²) in [6.45, 7) is 5.71. The fourth-order valence-corrected chi connectivity index (χ4v) is 3.11. The van der Waals surface area contributed by atoms with E-state index in [9.17, 15) is 0 Å². The average molecular weight is 260 g/mol. The third-order valence-corrected chi connectivity index (χ3v) is 4.39. The fraction of sp³-hybridized carbons (Fsp3) is 0.357. The molecule has 0 saturated carbocycles. The van der Waals surface area contributed by atoms with Gasteiger partial charge in [0.05, 0.1) is 30.5 Å². The smallest absolute Gasteiger partial charge is 0.0798 e. The number of benzene rings is 1. The van der Waals surface area contributed by atoms with Gasteiger partial charge in [0.15, 0.2) is 0 Å². The van der Waals surface area contributed by atoms with Gasteiger partial charge in [0.2, 0.25) is 0 Å². The van der Waals surface area contributed by atoms with E-state index in [-0.39, 0.29) is 6.04 Å². The lowest BCUT2D eigenvalue weighted by molar-refractivity contribution is 0.134. The molecule has 1 unspecified atom stereocenters. The van der Waals surface area contributed by atoms with Gasteiger partial charge in [-0.2, -0.15) is 0 Å². The number of hydrogen-bond acceptors (Lipinski definition) is 4. The maximum atomic E-state index is 5.43. The second-order valence-electron chi connectivity index (χ2n) is 4.64. The van der Waals surface area contributed by atoms with Crippen molar-refractivity contribution in [2.24, 2.45) is 0 Å². The largest absolute Gasteiger partial charge is 0.378 e. The van der Waals surface area contributed by atoms with Crippen molar-refractivity contribution in [3.63, 3.8) is 0 Å². The van der Waals surface area contributed by atoms with E-state index in [0.29, 0.717) is 0 Å². The van der Waals surface area contributed by atoms with Crippen LogP contribution in [0.4, 0.5) is 5.69 Å². The highest BCUT2D eigenvalue weighted by Gasteiger charge is 2.14. The number of aryl methyl sites for hydroxylation is 1. The Hall–Kier alpha value is -1.39. The monoisotopic (exact) mass is 260 g/mol. The lowest BCUT2D eigenvalue weighted by Gasteiger charge is -2.15. The van der Waals surface area contributed by atoms with Crippen molar-refractivity contribution < 1.29 is 4.74 Å². The Morgan fingerprint density at radius 2 is 2.17 bits per heavy atom. The molecule has 0 saturated heterocycles. The molecule has 0 fully saturated rings. The molecule has 1 N–H and O–H groups in total. The molecule has 3 nitrogen and oxygen atoms in total. The number of ether oxygens (including phenoxy) is 1. The van der Waals surface area contributed by atoms with Crippen molar-refractivity contribution in [1.29, 1.82) is 0 Å². The molecule has 94 valence electrons. The maximum absolute atomic E-state index is 5.43.